The molecule has 0 bridgehead atoms. The number of amides is 1. The predicted molar refractivity (Wildman–Crippen MR) is 93.1 cm³/mol. The topological polar surface area (TPSA) is 64.6 Å². The van der Waals surface area contributed by atoms with E-state index in [0.29, 0.717) is 34.9 Å². The van der Waals surface area contributed by atoms with Gasteiger partial charge in [-0.15, -0.1) is 0 Å². The molecule has 0 atom stereocenters. The van der Waals surface area contributed by atoms with Crippen LogP contribution in [0.4, 0.5) is 5.69 Å². The third-order valence-electron chi connectivity index (χ3n) is 3.31. The summed E-state index contributed by atoms with van der Waals surface area (Å²) in [6, 6.07) is 11.7. The van der Waals surface area contributed by atoms with E-state index < -0.39 is 0 Å². The minimum Gasteiger partial charge on any atom is -0.493 e. The van der Waals surface area contributed by atoms with Crippen LogP contribution in [0.15, 0.2) is 55.1 Å². The van der Waals surface area contributed by atoms with Crippen molar-refractivity contribution in [3.05, 3.63) is 66.2 Å². The second-order valence-electron chi connectivity index (χ2n) is 5.06. The Hall–Kier alpha value is -3.08. The molecule has 2 rings (SSSR count). The standard InChI is InChI=1S/C19H19NO4/c1-4-10-24-17-9-8-15(12-18(17)23-3)19(22)20-16-7-5-6-14(11-16)13(2)21/h4-9,11-12H,1,10H2,2-3H3,(H,20,22). The number of benzene rings is 2. The van der Waals surface area contributed by atoms with Gasteiger partial charge < -0.3 is 14.8 Å². The Labute approximate surface area is 140 Å². The largest absolute Gasteiger partial charge is 0.493 e. The van der Waals surface area contributed by atoms with Crippen molar-refractivity contribution in [2.45, 2.75) is 6.92 Å². The molecule has 0 aromatic heterocycles. The van der Waals surface area contributed by atoms with E-state index in [-0.39, 0.29) is 11.7 Å². The first-order chi connectivity index (χ1) is 11.5. The maximum atomic E-state index is 12.4. The highest BCUT2D eigenvalue weighted by atomic mass is 16.5. The van der Waals surface area contributed by atoms with E-state index in [1.54, 1.807) is 48.5 Å². The monoisotopic (exact) mass is 325 g/mol. The molecule has 0 aliphatic carbocycles. The smallest absolute Gasteiger partial charge is 0.255 e. The molecule has 5 heteroatoms. The van der Waals surface area contributed by atoms with Crippen LogP contribution in [0.2, 0.25) is 0 Å². The van der Waals surface area contributed by atoms with E-state index >= 15 is 0 Å². The number of ketones is 1. The van der Waals surface area contributed by atoms with Crippen molar-refractivity contribution in [1.82, 2.24) is 0 Å². The molecule has 0 aliphatic rings. The highest BCUT2D eigenvalue weighted by Gasteiger charge is 2.12. The minimum atomic E-state index is -0.302. The van der Waals surface area contributed by atoms with Gasteiger partial charge in [-0.2, -0.15) is 0 Å². The van der Waals surface area contributed by atoms with Crippen molar-refractivity contribution in [1.29, 1.82) is 0 Å². The minimum absolute atomic E-state index is 0.0588. The Kier molecular flexibility index (Phi) is 5.73. The number of ether oxygens (including phenoxy) is 2. The van der Waals surface area contributed by atoms with Crippen molar-refractivity contribution >= 4 is 17.4 Å². The van der Waals surface area contributed by atoms with Gasteiger partial charge in [0, 0.05) is 16.8 Å². The summed E-state index contributed by atoms with van der Waals surface area (Å²) in [5, 5.41) is 2.76. The molecular weight excluding hydrogens is 306 g/mol. The lowest BCUT2D eigenvalue weighted by Crippen LogP contribution is -2.12. The van der Waals surface area contributed by atoms with Gasteiger partial charge >= 0.3 is 0 Å². The summed E-state index contributed by atoms with van der Waals surface area (Å²) in [5.41, 5.74) is 1.52. The fourth-order valence-corrected chi connectivity index (χ4v) is 2.10. The van der Waals surface area contributed by atoms with Gasteiger partial charge in [0.15, 0.2) is 17.3 Å². The molecule has 0 unspecified atom stereocenters. The molecule has 124 valence electrons. The lowest BCUT2D eigenvalue weighted by atomic mass is 10.1. The van der Waals surface area contributed by atoms with Gasteiger partial charge in [0.05, 0.1) is 7.11 Å². The molecule has 0 heterocycles. The van der Waals surface area contributed by atoms with E-state index in [9.17, 15) is 9.59 Å². The van der Waals surface area contributed by atoms with E-state index in [4.69, 9.17) is 9.47 Å². The van der Waals surface area contributed by atoms with Crippen LogP contribution in [-0.4, -0.2) is 25.4 Å². The summed E-state index contributed by atoms with van der Waals surface area (Å²) in [6.07, 6.45) is 1.63. The second kappa shape index (κ2) is 7.97. The van der Waals surface area contributed by atoms with Crippen LogP contribution in [0.3, 0.4) is 0 Å². The van der Waals surface area contributed by atoms with Gasteiger partial charge in [-0.3, -0.25) is 9.59 Å². The second-order valence-corrected chi connectivity index (χ2v) is 5.06. The first-order valence-electron chi connectivity index (χ1n) is 7.39. The third-order valence-corrected chi connectivity index (χ3v) is 3.31. The van der Waals surface area contributed by atoms with Gasteiger partial charge in [0.2, 0.25) is 0 Å². The Balaban J connectivity index is 2.19. The number of Topliss-reactive ketones (excluding diaryl/α,β-unsaturated/α-hetero) is 1. The zero-order chi connectivity index (χ0) is 17.5. The molecule has 24 heavy (non-hydrogen) atoms. The molecular formula is C19H19NO4. The van der Waals surface area contributed by atoms with Crippen LogP contribution < -0.4 is 14.8 Å². The summed E-state index contributed by atoms with van der Waals surface area (Å²) in [5.74, 6) is 0.635. The average Bonchev–Trinajstić information content (AvgIpc) is 2.59. The molecule has 2 aromatic carbocycles. The number of nitrogens with one attached hydrogen (secondary N) is 1. The molecule has 0 fully saturated rings. The fourth-order valence-electron chi connectivity index (χ4n) is 2.10. The Morgan fingerprint density at radius 2 is 1.92 bits per heavy atom. The van der Waals surface area contributed by atoms with Gasteiger partial charge in [0.25, 0.3) is 5.91 Å². The molecule has 0 aliphatic heterocycles. The molecule has 1 N–H and O–H groups in total. The predicted octanol–water partition coefficient (Wildman–Crippen LogP) is 3.71. The molecule has 5 nitrogen and oxygen atoms in total. The summed E-state index contributed by atoms with van der Waals surface area (Å²) >= 11 is 0. The zero-order valence-electron chi connectivity index (χ0n) is 13.7. The number of rotatable bonds is 7. The number of carbonyl (C=O) groups is 2. The maximum Gasteiger partial charge on any atom is 0.255 e. The van der Waals surface area contributed by atoms with E-state index in [0.717, 1.165) is 0 Å². The molecule has 1 amide bonds. The van der Waals surface area contributed by atoms with Crippen LogP contribution in [0, 0.1) is 0 Å². The Bertz CT molecular complexity index is 768. The number of hydrogen-bond acceptors (Lipinski definition) is 4. The molecule has 0 saturated heterocycles. The van der Waals surface area contributed by atoms with Crippen molar-refractivity contribution in [3.63, 3.8) is 0 Å². The van der Waals surface area contributed by atoms with E-state index in [1.807, 2.05) is 0 Å². The van der Waals surface area contributed by atoms with Crippen LogP contribution in [-0.2, 0) is 0 Å². The van der Waals surface area contributed by atoms with Gasteiger partial charge in [-0.25, -0.2) is 0 Å². The quantitative estimate of drug-likeness (QED) is 0.622. The fraction of sp³-hybridized carbons (Fsp3) is 0.158. The maximum absolute atomic E-state index is 12.4. The van der Waals surface area contributed by atoms with Gasteiger partial charge in [-0.1, -0.05) is 24.8 Å². The first kappa shape index (κ1) is 17.3. The highest BCUT2D eigenvalue weighted by molar-refractivity contribution is 6.05. The number of methoxy groups -OCH3 is 1. The molecule has 0 spiro atoms. The summed E-state index contributed by atoms with van der Waals surface area (Å²) < 4.78 is 10.7. The first-order valence-corrected chi connectivity index (χ1v) is 7.39. The lowest BCUT2D eigenvalue weighted by molar-refractivity contribution is 0.101. The van der Waals surface area contributed by atoms with E-state index in [1.165, 1.54) is 14.0 Å². The zero-order valence-corrected chi connectivity index (χ0v) is 13.7. The SMILES string of the molecule is C=CCOc1ccc(C(=O)Nc2cccc(C(C)=O)c2)cc1OC. The van der Waals surface area contributed by atoms with Crippen LogP contribution >= 0.6 is 0 Å². The van der Waals surface area contributed by atoms with Gasteiger partial charge in [-0.05, 0) is 37.3 Å². The van der Waals surface area contributed by atoms with Crippen molar-refractivity contribution in [2.75, 3.05) is 19.0 Å². The third kappa shape index (κ3) is 4.23. The average molecular weight is 325 g/mol. The van der Waals surface area contributed by atoms with Crippen molar-refractivity contribution < 1.29 is 19.1 Å². The summed E-state index contributed by atoms with van der Waals surface area (Å²) in [6.45, 7) is 5.42. The Morgan fingerprint density at radius 1 is 1.12 bits per heavy atom. The molecule has 0 saturated carbocycles. The van der Waals surface area contributed by atoms with Crippen LogP contribution in [0.1, 0.15) is 27.6 Å². The van der Waals surface area contributed by atoms with Crippen molar-refractivity contribution in [2.24, 2.45) is 0 Å². The van der Waals surface area contributed by atoms with Crippen LogP contribution in [0.5, 0.6) is 11.5 Å². The molecule has 0 radical (unpaired) electrons. The lowest BCUT2D eigenvalue weighted by Gasteiger charge is -2.11. The van der Waals surface area contributed by atoms with E-state index in [2.05, 4.69) is 11.9 Å². The summed E-state index contributed by atoms with van der Waals surface area (Å²) in [4.78, 5) is 23.8. The van der Waals surface area contributed by atoms with Gasteiger partial charge in [0.1, 0.15) is 6.61 Å². The van der Waals surface area contributed by atoms with Crippen molar-refractivity contribution in [3.8, 4) is 11.5 Å². The normalized spacial score (nSPS) is 9.92. The highest BCUT2D eigenvalue weighted by Crippen LogP contribution is 2.28. The number of anilines is 1. The Morgan fingerprint density at radius 3 is 2.58 bits per heavy atom. The number of carbonyl (C=O) groups excluding carboxylic acids is 2. The molecule has 2 aromatic rings. The number of hydrogen-bond donors (Lipinski definition) is 1. The van der Waals surface area contributed by atoms with Crippen LogP contribution in [0.25, 0.3) is 0 Å². The summed E-state index contributed by atoms with van der Waals surface area (Å²) in [7, 11) is 1.51.